The number of fused-ring (bicyclic) bond motifs is 2. The molecule has 1 aromatic carbocycles. The van der Waals surface area contributed by atoms with Crippen LogP contribution in [0.5, 0.6) is 0 Å². The number of rotatable bonds is 2. The molecule has 2 heterocycles. The van der Waals surface area contributed by atoms with Gasteiger partial charge in [-0.3, -0.25) is 4.79 Å². The van der Waals surface area contributed by atoms with E-state index in [1.54, 1.807) is 6.20 Å². The second-order valence-electron chi connectivity index (χ2n) is 5.77. The molecular weight excluding hydrogens is 274 g/mol. The monoisotopic (exact) mass is 291 g/mol. The van der Waals surface area contributed by atoms with Crippen molar-refractivity contribution in [2.24, 2.45) is 0 Å². The summed E-state index contributed by atoms with van der Waals surface area (Å²) in [5, 5.41) is 3.12. The van der Waals surface area contributed by atoms with Gasteiger partial charge in [-0.05, 0) is 42.5 Å². The normalized spacial score (nSPS) is 17.2. The van der Waals surface area contributed by atoms with Crippen LogP contribution in [0.2, 0.25) is 0 Å². The lowest BCUT2D eigenvalue weighted by molar-refractivity contribution is 0.0929. The molecule has 2 aromatic heterocycles. The zero-order valence-corrected chi connectivity index (χ0v) is 12.2. The van der Waals surface area contributed by atoms with E-state index in [9.17, 15) is 4.79 Å². The predicted octanol–water partition coefficient (Wildman–Crippen LogP) is 2.62. The fourth-order valence-corrected chi connectivity index (χ4v) is 3.12. The topological polar surface area (TPSA) is 46.4 Å². The summed E-state index contributed by atoms with van der Waals surface area (Å²) in [6.45, 7) is 0. The highest BCUT2D eigenvalue weighted by Gasteiger charge is 2.21. The van der Waals surface area contributed by atoms with Crippen molar-refractivity contribution < 1.29 is 4.79 Å². The van der Waals surface area contributed by atoms with Gasteiger partial charge in [0.25, 0.3) is 5.91 Å². The fraction of sp³-hybridized carbons (Fsp3) is 0.222. The Morgan fingerprint density at radius 3 is 2.82 bits per heavy atom. The van der Waals surface area contributed by atoms with Crippen LogP contribution in [0.25, 0.3) is 5.65 Å². The molecule has 0 bridgehead atoms. The number of pyridine rings is 1. The summed E-state index contributed by atoms with van der Waals surface area (Å²) in [5.41, 5.74) is 4.02. The SMILES string of the molecule is O=C(N[C@@H]1CCc2ccccc2C1)c1cn2ccccc2n1. The van der Waals surface area contributed by atoms with E-state index in [4.69, 9.17) is 0 Å². The molecule has 0 unspecified atom stereocenters. The average Bonchev–Trinajstić information content (AvgIpc) is 2.99. The van der Waals surface area contributed by atoms with Crippen LogP contribution in [0, 0.1) is 0 Å². The van der Waals surface area contributed by atoms with Crippen LogP contribution in [-0.2, 0) is 12.8 Å². The van der Waals surface area contributed by atoms with E-state index in [1.807, 2.05) is 28.8 Å². The lowest BCUT2D eigenvalue weighted by Crippen LogP contribution is -2.39. The minimum absolute atomic E-state index is 0.0897. The third-order valence-corrected chi connectivity index (χ3v) is 4.28. The Bertz CT molecular complexity index is 804. The Hall–Kier alpha value is -2.62. The first-order valence-corrected chi connectivity index (χ1v) is 7.61. The number of carbonyl (C=O) groups is 1. The molecule has 4 heteroatoms. The van der Waals surface area contributed by atoms with Crippen LogP contribution in [0.3, 0.4) is 0 Å². The Morgan fingerprint density at radius 2 is 1.95 bits per heavy atom. The summed E-state index contributed by atoms with van der Waals surface area (Å²) < 4.78 is 1.87. The fourth-order valence-electron chi connectivity index (χ4n) is 3.12. The zero-order valence-electron chi connectivity index (χ0n) is 12.2. The number of carbonyl (C=O) groups excluding carboxylic acids is 1. The van der Waals surface area contributed by atoms with E-state index < -0.39 is 0 Å². The van der Waals surface area contributed by atoms with Crippen molar-refractivity contribution in [3.05, 3.63) is 71.7 Å². The molecule has 1 N–H and O–H groups in total. The van der Waals surface area contributed by atoms with Gasteiger partial charge in [0.05, 0.1) is 0 Å². The smallest absolute Gasteiger partial charge is 0.271 e. The van der Waals surface area contributed by atoms with Crippen LogP contribution >= 0.6 is 0 Å². The maximum atomic E-state index is 12.4. The molecule has 3 aromatic rings. The van der Waals surface area contributed by atoms with Crippen LogP contribution in [0.15, 0.2) is 54.9 Å². The molecule has 0 saturated carbocycles. The van der Waals surface area contributed by atoms with Crippen LogP contribution in [0.4, 0.5) is 0 Å². The first-order chi connectivity index (χ1) is 10.8. The minimum atomic E-state index is -0.0897. The van der Waals surface area contributed by atoms with Gasteiger partial charge in [0.2, 0.25) is 0 Å². The highest BCUT2D eigenvalue weighted by molar-refractivity contribution is 5.93. The van der Waals surface area contributed by atoms with Crippen molar-refractivity contribution in [1.82, 2.24) is 14.7 Å². The van der Waals surface area contributed by atoms with Gasteiger partial charge in [-0.2, -0.15) is 0 Å². The summed E-state index contributed by atoms with van der Waals surface area (Å²) in [6, 6.07) is 14.4. The lowest BCUT2D eigenvalue weighted by atomic mass is 9.88. The number of benzene rings is 1. The van der Waals surface area contributed by atoms with Crippen LogP contribution < -0.4 is 5.32 Å². The molecule has 1 amide bonds. The van der Waals surface area contributed by atoms with Gasteiger partial charge in [0.1, 0.15) is 11.3 Å². The molecule has 0 spiro atoms. The van der Waals surface area contributed by atoms with E-state index >= 15 is 0 Å². The number of aromatic nitrogens is 2. The zero-order chi connectivity index (χ0) is 14.9. The molecular formula is C18H17N3O. The van der Waals surface area contributed by atoms with Crippen molar-refractivity contribution in [3.63, 3.8) is 0 Å². The first kappa shape index (κ1) is 13.1. The van der Waals surface area contributed by atoms with Gasteiger partial charge in [-0.15, -0.1) is 0 Å². The number of hydrogen-bond acceptors (Lipinski definition) is 2. The molecule has 1 aliphatic rings. The second kappa shape index (κ2) is 5.30. The number of nitrogens with one attached hydrogen (secondary N) is 1. The van der Waals surface area contributed by atoms with Gasteiger partial charge in [-0.1, -0.05) is 30.3 Å². The highest BCUT2D eigenvalue weighted by atomic mass is 16.2. The number of amides is 1. The Morgan fingerprint density at radius 1 is 1.14 bits per heavy atom. The molecule has 1 aliphatic carbocycles. The summed E-state index contributed by atoms with van der Waals surface area (Å²) in [6.07, 6.45) is 6.58. The van der Waals surface area contributed by atoms with E-state index in [-0.39, 0.29) is 11.9 Å². The Labute approximate surface area is 128 Å². The highest BCUT2D eigenvalue weighted by Crippen LogP contribution is 2.21. The number of nitrogens with zero attached hydrogens (tertiary/aromatic N) is 2. The van der Waals surface area contributed by atoms with Gasteiger partial charge in [0.15, 0.2) is 0 Å². The van der Waals surface area contributed by atoms with Gasteiger partial charge in [0, 0.05) is 18.4 Å². The van der Waals surface area contributed by atoms with E-state index in [1.165, 1.54) is 11.1 Å². The quantitative estimate of drug-likeness (QED) is 0.789. The summed E-state index contributed by atoms with van der Waals surface area (Å²) in [7, 11) is 0. The molecule has 0 radical (unpaired) electrons. The van der Waals surface area contributed by atoms with E-state index in [2.05, 4.69) is 34.6 Å². The number of hydrogen-bond donors (Lipinski definition) is 1. The lowest BCUT2D eigenvalue weighted by Gasteiger charge is -2.25. The van der Waals surface area contributed by atoms with Gasteiger partial charge < -0.3 is 9.72 Å². The summed E-state index contributed by atoms with van der Waals surface area (Å²) in [5.74, 6) is -0.0897. The first-order valence-electron chi connectivity index (χ1n) is 7.61. The number of imidazole rings is 1. The molecule has 1 atom stereocenters. The third-order valence-electron chi connectivity index (χ3n) is 4.28. The van der Waals surface area contributed by atoms with E-state index in [0.717, 1.165) is 24.9 Å². The van der Waals surface area contributed by atoms with Gasteiger partial charge in [-0.25, -0.2) is 4.98 Å². The Balaban J connectivity index is 1.50. The molecule has 0 saturated heterocycles. The average molecular weight is 291 g/mol. The van der Waals surface area contributed by atoms with Gasteiger partial charge >= 0.3 is 0 Å². The van der Waals surface area contributed by atoms with Crippen molar-refractivity contribution in [2.75, 3.05) is 0 Å². The van der Waals surface area contributed by atoms with Crippen molar-refractivity contribution in [3.8, 4) is 0 Å². The van der Waals surface area contributed by atoms with Crippen LogP contribution in [0.1, 0.15) is 28.0 Å². The van der Waals surface area contributed by atoms with Crippen molar-refractivity contribution in [2.45, 2.75) is 25.3 Å². The third kappa shape index (κ3) is 2.37. The summed E-state index contributed by atoms with van der Waals surface area (Å²) >= 11 is 0. The maximum Gasteiger partial charge on any atom is 0.271 e. The van der Waals surface area contributed by atoms with Crippen molar-refractivity contribution in [1.29, 1.82) is 0 Å². The summed E-state index contributed by atoms with van der Waals surface area (Å²) in [4.78, 5) is 16.8. The van der Waals surface area contributed by atoms with E-state index in [0.29, 0.717) is 5.69 Å². The number of aryl methyl sites for hydroxylation is 1. The Kier molecular flexibility index (Phi) is 3.15. The molecule has 110 valence electrons. The standard InChI is InChI=1S/C18H17N3O/c22-18(16-12-21-10-4-3-7-17(21)20-16)19-15-9-8-13-5-1-2-6-14(13)11-15/h1-7,10,12,15H,8-9,11H2,(H,19,22)/t15-/m1/s1. The largest absolute Gasteiger partial charge is 0.348 e. The maximum absolute atomic E-state index is 12.4. The molecule has 22 heavy (non-hydrogen) atoms. The molecule has 0 aliphatic heterocycles. The molecule has 4 rings (SSSR count). The van der Waals surface area contributed by atoms with Crippen molar-refractivity contribution >= 4 is 11.6 Å². The second-order valence-corrected chi connectivity index (χ2v) is 5.77. The molecule has 0 fully saturated rings. The molecule has 4 nitrogen and oxygen atoms in total. The predicted molar refractivity (Wildman–Crippen MR) is 84.9 cm³/mol. The minimum Gasteiger partial charge on any atom is -0.348 e. The van der Waals surface area contributed by atoms with Crippen LogP contribution in [-0.4, -0.2) is 21.3 Å².